The van der Waals surface area contributed by atoms with Crippen LogP contribution in [0.3, 0.4) is 0 Å². The summed E-state index contributed by atoms with van der Waals surface area (Å²) in [4.78, 5) is 14.3. The van der Waals surface area contributed by atoms with E-state index in [1.54, 1.807) is 24.3 Å². The highest BCUT2D eigenvalue weighted by Gasteiger charge is 2.15. The number of para-hydroxylation sites is 1. The second kappa shape index (κ2) is 7.47. The van der Waals surface area contributed by atoms with Crippen molar-refractivity contribution < 1.29 is 4.79 Å². The molecule has 0 atom stereocenters. The Labute approximate surface area is 129 Å². The highest BCUT2D eigenvalue weighted by molar-refractivity contribution is 6.34. The van der Waals surface area contributed by atoms with Crippen LogP contribution in [0, 0.1) is 11.3 Å². The Morgan fingerprint density at radius 1 is 1.10 bits per heavy atom. The number of rotatable bonds is 6. The Bertz CT molecular complexity index is 649. The van der Waals surface area contributed by atoms with E-state index in [9.17, 15) is 4.79 Å². The highest BCUT2D eigenvalue weighted by atomic mass is 35.5. The third kappa shape index (κ3) is 4.08. The quantitative estimate of drug-likeness (QED) is 0.759. The number of hydrogen-bond donors (Lipinski definition) is 0. The van der Waals surface area contributed by atoms with Crippen LogP contribution < -0.4 is 4.90 Å². The number of halogens is 1. The third-order valence-electron chi connectivity index (χ3n) is 3.12. The molecule has 4 heteroatoms. The molecule has 0 aliphatic heterocycles. The Morgan fingerprint density at radius 2 is 1.76 bits per heavy atom. The van der Waals surface area contributed by atoms with E-state index in [0.717, 1.165) is 5.69 Å². The van der Waals surface area contributed by atoms with E-state index in [2.05, 4.69) is 6.07 Å². The number of Topliss-reactive ketones (excluding diaryl/α,β-unsaturated/α-hetero) is 1. The first-order valence-electron chi connectivity index (χ1n) is 6.67. The molecule has 2 rings (SSSR count). The molecule has 0 bridgehead atoms. The van der Waals surface area contributed by atoms with Gasteiger partial charge in [-0.2, -0.15) is 5.26 Å². The smallest absolute Gasteiger partial charge is 0.183 e. The normalized spacial score (nSPS) is 9.90. The molecule has 0 saturated carbocycles. The Morgan fingerprint density at radius 3 is 2.43 bits per heavy atom. The number of anilines is 1. The van der Waals surface area contributed by atoms with Gasteiger partial charge in [0.2, 0.25) is 0 Å². The summed E-state index contributed by atoms with van der Waals surface area (Å²) in [6, 6.07) is 18.7. The molecular formula is C17H15ClN2O. The molecule has 0 heterocycles. The second-order valence-electron chi connectivity index (χ2n) is 4.57. The summed E-state index contributed by atoms with van der Waals surface area (Å²) in [6.45, 7) is 0.714. The van der Waals surface area contributed by atoms with Gasteiger partial charge in [-0.05, 0) is 24.3 Å². The van der Waals surface area contributed by atoms with Crippen molar-refractivity contribution >= 4 is 23.1 Å². The minimum Gasteiger partial charge on any atom is -0.363 e. The molecule has 106 valence electrons. The number of carbonyl (C=O) groups is 1. The zero-order chi connectivity index (χ0) is 15.1. The second-order valence-corrected chi connectivity index (χ2v) is 4.98. The van der Waals surface area contributed by atoms with E-state index in [-0.39, 0.29) is 12.3 Å². The lowest BCUT2D eigenvalue weighted by atomic mass is 10.1. The molecule has 0 spiro atoms. The van der Waals surface area contributed by atoms with Crippen molar-refractivity contribution in [1.29, 1.82) is 5.26 Å². The van der Waals surface area contributed by atoms with Gasteiger partial charge < -0.3 is 4.90 Å². The fourth-order valence-corrected chi connectivity index (χ4v) is 2.31. The molecule has 0 saturated heterocycles. The lowest BCUT2D eigenvalue weighted by Crippen LogP contribution is -2.30. The highest BCUT2D eigenvalue weighted by Crippen LogP contribution is 2.18. The van der Waals surface area contributed by atoms with E-state index in [1.165, 1.54) is 0 Å². The van der Waals surface area contributed by atoms with Crippen LogP contribution in [-0.4, -0.2) is 18.9 Å². The fraction of sp³-hybridized carbons (Fsp3) is 0.176. The fourth-order valence-electron chi connectivity index (χ4n) is 2.07. The van der Waals surface area contributed by atoms with Crippen LogP contribution in [0.4, 0.5) is 5.69 Å². The molecule has 3 nitrogen and oxygen atoms in total. The van der Waals surface area contributed by atoms with Crippen molar-refractivity contribution in [2.75, 3.05) is 18.0 Å². The van der Waals surface area contributed by atoms with E-state index in [0.29, 0.717) is 23.6 Å². The lowest BCUT2D eigenvalue weighted by Gasteiger charge is -2.23. The van der Waals surface area contributed by atoms with Gasteiger partial charge in [-0.15, -0.1) is 0 Å². The molecule has 0 amide bonds. The number of carbonyl (C=O) groups excluding carboxylic acids is 1. The van der Waals surface area contributed by atoms with Crippen molar-refractivity contribution in [2.24, 2.45) is 0 Å². The Hall–Kier alpha value is -2.31. The van der Waals surface area contributed by atoms with Gasteiger partial charge in [0.25, 0.3) is 0 Å². The van der Waals surface area contributed by atoms with Crippen LogP contribution in [0.1, 0.15) is 16.8 Å². The number of benzene rings is 2. The van der Waals surface area contributed by atoms with Crippen molar-refractivity contribution in [3.63, 3.8) is 0 Å². The molecule has 2 aromatic rings. The minimum atomic E-state index is -0.0533. The molecule has 0 unspecified atom stereocenters. The first-order chi connectivity index (χ1) is 10.2. The molecule has 0 fully saturated rings. The summed E-state index contributed by atoms with van der Waals surface area (Å²) in [5.74, 6) is -0.0533. The predicted molar refractivity (Wildman–Crippen MR) is 84.7 cm³/mol. The van der Waals surface area contributed by atoms with Crippen LogP contribution in [0.25, 0.3) is 0 Å². The standard InChI is InChI=1S/C17H15ClN2O/c18-16-10-5-4-9-15(16)17(21)13-20(12-6-11-19)14-7-2-1-3-8-14/h1-5,7-10H,6,12-13H2. The first-order valence-corrected chi connectivity index (χ1v) is 7.05. The summed E-state index contributed by atoms with van der Waals surface area (Å²) in [5, 5.41) is 9.23. The molecule has 0 aromatic heterocycles. The van der Waals surface area contributed by atoms with Gasteiger partial charge in [-0.25, -0.2) is 0 Å². The van der Waals surface area contributed by atoms with Gasteiger partial charge >= 0.3 is 0 Å². The van der Waals surface area contributed by atoms with Crippen LogP contribution in [-0.2, 0) is 0 Å². The monoisotopic (exact) mass is 298 g/mol. The summed E-state index contributed by atoms with van der Waals surface area (Å²) < 4.78 is 0. The van der Waals surface area contributed by atoms with Crippen molar-refractivity contribution in [1.82, 2.24) is 0 Å². The van der Waals surface area contributed by atoms with E-state index < -0.39 is 0 Å². The van der Waals surface area contributed by atoms with Crippen LogP contribution in [0.15, 0.2) is 54.6 Å². The maximum absolute atomic E-state index is 12.4. The number of ketones is 1. The van der Waals surface area contributed by atoms with Crippen molar-refractivity contribution in [3.8, 4) is 6.07 Å². The number of hydrogen-bond acceptors (Lipinski definition) is 3. The molecule has 0 aliphatic carbocycles. The van der Waals surface area contributed by atoms with Crippen LogP contribution in [0.2, 0.25) is 5.02 Å². The SMILES string of the molecule is N#CCCN(CC(=O)c1ccccc1Cl)c1ccccc1. The molecule has 21 heavy (non-hydrogen) atoms. The zero-order valence-corrected chi connectivity index (χ0v) is 12.3. The Balaban J connectivity index is 2.18. The summed E-state index contributed by atoms with van der Waals surface area (Å²) in [6.07, 6.45) is 0.366. The predicted octanol–water partition coefficient (Wildman–Crippen LogP) is 3.94. The van der Waals surface area contributed by atoms with Crippen molar-refractivity contribution in [2.45, 2.75) is 6.42 Å². The van der Waals surface area contributed by atoms with Gasteiger partial charge in [0.1, 0.15) is 0 Å². The lowest BCUT2D eigenvalue weighted by molar-refractivity contribution is 0.0999. The molecule has 0 aliphatic rings. The van der Waals surface area contributed by atoms with Crippen LogP contribution >= 0.6 is 11.6 Å². The average molecular weight is 299 g/mol. The summed E-state index contributed by atoms with van der Waals surface area (Å²) in [5.41, 5.74) is 1.44. The maximum Gasteiger partial charge on any atom is 0.183 e. The number of nitrogens with zero attached hydrogens (tertiary/aromatic N) is 2. The average Bonchev–Trinajstić information content (AvgIpc) is 2.52. The van der Waals surface area contributed by atoms with Crippen LogP contribution in [0.5, 0.6) is 0 Å². The molecular weight excluding hydrogens is 284 g/mol. The largest absolute Gasteiger partial charge is 0.363 e. The van der Waals surface area contributed by atoms with Gasteiger partial charge in [0.15, 0.2) is 5.78 Å². The minimum absolute atomic E-state index is 0.0533. The topological polar surface area (TPSA) is 44.1 Å². The molecule has 2 aromatic carbocycles. The van der Waals surface area contributed by atoms with E-state index in [4.69, 9.17) is 16.9 Å². The summed E-state index contributed by atoms with van der Waals surface area (Å²) >= 11 is 6.06. The van der Waals surface area contributed by atoms with E-state index >= 15 is 0 Å². The third-order valence-corrected chi connectivity index (χ3v) is 3.45. The molecule has 0 N–H and O–H groups in total. The number of nitriles is 1. The van der Waals surface area contributed by atoms with E-state index in [1.807, 2.05) is 35.2 Å². The van der Waals surface area contributed by atoms with Gasteiger partial charge in [-0.3, -0.25) is 4.79 Å². The molecule has 0 radical (unpaired) electrons. The van der Waals surface area contributed by atoms with Crippen molar-refractivity contribution in [3.05, 3.63) is 65.2 Å². The van der Waals surface area contributed by atoms with Gasteiger partial charge in [-0.1, -0.05) is 41.9 Å². The first kappa shape index (κ1) is 15.1. The van der Waals surface area contributed by atoms with Gasteiger partial charge in [0.05, 0.1) is 24.1 Å². The summed E-state index contributed by atoms with van der Waals surface area (Å²) in [7, 11) is 0. The zero-order valence-electron chi connectivity index (χ0n) is 11.5. The Kier molecular flexibility index (Phi) is 5.36. The van der Waals surface area contributed by atoms with Gasteiger partial charge in [0, 0.05) is 17.8 Å². The maximum atomic E-state index is 12.4.